The van der Waals surface area contributed by atoms with Crippen LogP contribution < -0.4 is 15.2 Å². The lowest BCUT2D eigenvalue weighted by Crippen LogP contribution is -2.31. The third-order valence-corrected chi connectivity index (χ3v) is 3.09. The second-order valence-electron chi connectivity index (χ2n) is 4.65. The summed E-state index contributed by atoms with van der Waals surface area (Å²) in [5.41, 5.74) is 5.77. The highest BCUT2D eigenvalue weighted by Gasteiger charge is 2.32. The van der Waals surface area contributed by atoms with E-state index in [4.69, 9.17) is 10.5 Å². The Labute approximate surface area is 109 Å². The number of rotatable bonds is 3. The minimum atomic E-state index is -4.71. The van der Waals surface area contributed by atoms with Crippen molar-refractivity contribution in [3.63, 3.8) is 0 Å². The van der Waals surface area contributed by atoms with Gasteiger partial charge in [0.05, 0.1) is 6.10 Å². The fourth-order valence-corrected chi connectivity index (χ4v) is 2.14. The SMILES string of the molecule is NC1CCC(Oc2ccccc2OC(F)(F)F)CC1. The zero-order chi connectivity index (χ0) is 13.9. The maximum Gasteiger partial charge on any atom is 0.573 e. The average Bonchev–Trinajstić information content (AvgIpc) is 2.33. The van der Waals surface area contributed by atoms with E-state index >= 15 is 0 Å². The molecule has 0 aliphatic heterocycles. The molecular weight excluding hydrogens is 259 g/mol. The molecule has 0 atom stereocenters. The quantitative estimate of drug-likeness (QED) is 0.921. The monoisotopic (exact) mass is 275 g/mol. The summed E-state index contributed by atoms with van der Waals surface area (Å²) in [4.78, 5) is 0. The first kappa shape index (κ1) is 14.0. The number of hydrogen-bond donors (Lipinski definition) is 1. The average molecular weight is 275 g/mol. The lowest BCUT2D eigenvalue weighted by molar-refractivity contribution is -0.275. The molecule has 3 nitrogen and oxygen atoms in total. The highest BCUT2D eigenvalue weighted by Crippen LogP contribution is 2.34. The van der Waals surface area contributed by atoms with E-state index < -0.39 is 6.36 Å². The first-order chi connectivity index (χ1) is 8.94. The molecule has 0 aromatic heterocycles. The van der Waals surface area contributed by atoms with Crippen LogP contribution in [-0.2, 0) is 0 Å². The molecular formula is C13H16F3NO2. The van der Waals surface area contributed by atoms with Crippen LogP contribution in [0, 0.1) is 0 Å². The summed E-state index contributed by atoms with van der Waals surface area (Å²) in [5, 5.41) is 0. The number of ether oxygens (including phenoxy) is 2. The number of halogens is 3. The Hall–Kier alpha value is -1.43. The zero-order valence-electron chi connectivity index (χ0n) is 10.3. The molecule has 0 heterocycles. The van der Waals surface area contributed by atoms with Crippen molar-refractivity contribution < 1.29 is 22.6 Å². The van der Waals surface area contributed by atoms with Gasteiger partial charge in [-0.15, -0.1) is 13.2 Å². The van der Waals surface area contributed by atoms with Crippen molar-refractivity contribution in [2.24, 2.45) is 5.73 Å². The lowest BCUT2D eigenvalue weighted by atomic mass is 9.94. The standard InChI is InChI=1S/C13H16F3NO2/c14-13(15,16)19-12-4-2-1-3-11(12)18-10-7-5-9(17)6-8-10/h1-4,9-10H,5-8,17H2. The summed E-state index contributed by atoms with van der Waals surface area (Å²) in [6.45, 7) is 0. The highest BCUT2D eigenvalue weighted by atomic mass is 19.4. The van der Waals surface area contributed by atoms with E-state index in [1.165, 1.54) is 18.2 Å². The molecule has 0 amide bonds. The summed E-state index contributed by atoms with van der Waals surface area (Å²) >= 11 is 0. The van der Waals surface area contributed by atoms with E-state index in [2.05, 4.69) is 4.74 Å². The van der Waals surface area contributed by atoms with Crippen molar-refractivity contribution in [3.8, 4) is 11.5 Å². The first-order valence-corrected chi connectivity index (χ1v) is 6.21. The van der Waals surface area contributed by atoms with Crippen LogP contribution in [0.15, 0.2) is 24.3 Å². The maximum absolute atomic E-state index is 12.3. The van der Waals surface area contributed by atoms with Gasteiger partial charge in [0.2, 0.25) is 0 Å². The number of nitrogens with two attached hydrogens (primary N) is 1. The molecule has 0 unspecified atom stereocenters. The molecule has 2 N–H and O–H groups in total. The van der Waals surface area contributed by atoms with Gasteiger partial charge in [0, 0.05) is 6.04 Å². The third-order valence-electron chi connectivity index (χ3n) is 3.09. The van der Waals surface area contributed by atoms with Gasteiger partial charge in [-0.2, -0.15) is 0 Å². The van der Waals surface area contributed by atoms with Crippen molar-refractivity contribution in [2.75, 3.05) is 0 Å². The van der Waals surface area contributed by atoms with Crippen molar-refractivity contribution >= 4 is 0 Å². The van der Waals surface area contributed by atoms with Crippen LogP contribution in [-0.4, -0.2) is 18.5 Å². The molecule has 1 saturated carbocycles. The zero-order valence-corrected chi connectivity index (χ0v) is 10.3. The Bertz CT molecular complexity index is 415. The Kier molecular flexibility index (Phi) is 4.19. The van der Waals surface area contributed by atoms with Crippen molar-refractivity contribution in [1.82, 2.24) is 0 Å². The molecule has 19 heavy (non-hydrogen) atoms. The summed E-state index contributed by atoms with van der Waals surface area (Å²) in [5.74, 6) is -0.176. The molecule has 1 aromatic rings. The molecule has 1 aromatic carbocycles. The van der Waals surface area contributed by atoms with Gasteiger partial charge in [-0.3, -0.25) is 0 Å². The number of hydrogen-bond acceptors (Lipinski definition) is 3. The van der Waals surface area contributed by atoms with Crippen molar-refractivity contribution in [1.29, 1.82) is 0 Å². The van der Waals surface area contributed by atoms with Gasteiger partial charge < -0.3 is 15.2 Å². The van der Waals surface area contributed by atoms with Crippen LogP contribution in [0.2, 0.25) is 0 Å². The summed E-state index contributed by atoms with van der Waals surface area (Å²) in [6.07, 6.45) is -1.66. The Morgan fingerprint density at radius 1 is 1.00 bits per heavy atom. The Morgan fingerprint density at radius 2 is 1.58 bits per heavy atom. The van der Waals surface area contributed by atoms with Crippen molar-refractivity contribution in [2.45, 2.75) is 44.2 Å². The van der Waals surface area contributed by atoms with E-state index in [9.17, 15) is 13.2 Å². The van der Waals surface area contributed by atoms with Gasteiger partial charge >= 0.3 is 6.36 Å². The van der Waals surface area contributed by atoms with E-state index in [0.717, 1.165) is 25.7 Å². The predicted molar refractivity (Wildman–Crippen MR) is 64.0 cm³/mol. The molecule has 0 spiro atoms. The Balaban J connectivity index is 2.03. The molecule has 1 aliphatic rings. The highest BCUT2D eigenvalue weighted by molar-refractivity contribution is 5.39. The summed E-state index contributed by atoms with van der Waals surface area (Å²) in [6, 6.07) is 5.99. The third kappa shape index (κ3) is 4.31. The maximum atomic E-state index is 12.3. The molecule has 0 radical (unpaired) electrons. The fourth-order valence-electron chi connectivity index (χ4n) is 2.14. The largest absolute Gasteiger partial charge is 0.573 e. The molecule has 2 rings (SSSR count). The molecule has 106 valence electrons. The summed E-state index contributed by atoms with van der Waals surface area (Å²) < 4.78 is 46.3. The van der Waals surface area contributed by atoms with Crippen LogP contribution in [0.1, 0.15) is 25.7 Å². The normalized spacial score (nSPS) is 24.0. The minimum Gasteiger partial charge on any atom is -0.487 e. The van der Waals surface area contributed by atoms with Gasteiger partial charge in [0.15, 0.2) is 11.5 Å². The lowest BCUT2D eigenvalue weighted by Gasteiger charge is -2.27. The van der Waals surface area contributed by atoms with Crippen LogP contribution in [0.5, 0.6) is 11.5 Å². The summed E-state index contributed by atoms with van der Waals surface area (Å²) in [7, 11) is 0. The first-order valence-electron chi connectivity index (χ1n) is 6.21. The molecule has 0 bridgehead atoms. The van der Waals surface area contributed by atoms with Crippen molar-refractivity contribution in [3.05, 3.63) is 24.3 Å². The smallest absolute Gasteiger partial charge is 0.487 e. The number of benzene rings is 1. The molecule has 0 saturated heterocycles. The second-order valence-corrected chi connectivity index (χ2v) is 4.65. The Morgan fingerprint density at radius 3 is 2.16 bits per heavy atom. The van der Waals surface area contributed by atoms with Crippen LogP contribution in [0.25, 0.3) is 0 Å². The minimum absolute atomic E-state index is 0.0993. The molecule has 6 heteroatoms. The van der Waals surface area contributed by atoms with Gasteiger partial charge in [-0.25, -0.2) is 0 Å². The van der Waals surface area contributed by atoms with E-state index in [1.54, 1.807) is 6.07 Å². The topological polar surface area (TPSA) is 44.5 Å². The van der Waals surface area contributed by atoms with E-state index in [1.807, 2.05) is 0 Å². The van der Waals surface area contributed by atoms with Gasteiger partial charge in [-0.1, -0.05) is 12.1 Å². The molecule has 1 aliphatic carbocycles. The van der Waals surface area contributed by atoms with Crippen LogP contribution in [0.3, 0.4) is 0 Å². The van der Waals surface area contributed by atoms with E-state index in [-0.39, 0.29) is 23.6 Å². The fraction of sp³-hybridized carbons (Fsp3) is 0.538. The molecule has 1 fully saturated rings. The predicted octanol–water partition coefficient (Wildman–Crippen LogP) is 3.23. The van der Waals surface area contributed by atoms with E-state index in [0.29, 0.717) is 0 Å². The van der Waals surface area contributed by atoms with Gasteiger partial charge in [0.25, 0.3) is 0 Å². The second kappa shape index (κ2) is 5.69. The number of para-hydroxylation sites is 2. The number of alkyl halides is 3. The van der Waals surface area contributed by atoms with Gasteiger partial charge in [0.1, 0.15) is 0 Å². The van der Waals surface area contributed by atoms with Crippen LogP contribution in [0.4, 0.5) is 13.2 Å². The van der Waals surface area contributed by atoms with Crippen LogP contribution >= 0.6 is 0 Å². The van der Waals surface area contributed by atoms with Gasteiger partial charge in [-0.05, 0) is 37.8 Å².